The molecule has 1 amide bonds. The molecule has 24 heavy (non-hydrogen) atoms. The lowest BCUT2D eigenvalue weighted by Gasteiger charge is -2.07. The minimum Gasteiger partial charge on any atom is -0.320 e. The quantitative estimate of drug-likeness (QED) is 0.571. The van der Waals surface area contributed by atoms with Gasteiger partial charge in [-0.25, -0.2) is 0 Å². The highest BCUT2D eigenvalue weighted by Gasteiger charge is 2.11. The molecule has 4 rings (SSSR count). The summed E-state index contributed by atoms with van der Waals surface area (Å²) in [4.78, 5) is 12.4. The second kappa shape index (κ2) is 6.13. The number of pyridine rings is 1. The van der Waals surface area contributed by atoms with E-state index in [4.69, 9.17) is 0 Å². The minimum atomic E-state index is -0.0355. The van der Waals surface area contributed by atoms with E-state index in [-0.39, 0.29) is 12.5 Å². The Labute approximate surface area is 140 Å². The molecule has 0 aliphatic heterocycles. The zero-order valence-corrected chi connectivity index (χ0v) is 13.1. The van der Waals surface area contributed by atoms with Gasteiger partial charge in [-0.2, -0.15) is 4.57 Å². The predicted molar refractivity (Wildman–Crippen MR) is 96.7 cm³/mol. The summed E-state index contributed by atoms with van der Waals surface area (Å²) >= 11 is 0. The van der Waals surface area contributed by atoms with Gasteiger partial charge in [0.25, 0.3) is 5.91 Å². The molecule has 1 heterocycles. The predicted octanol–water partition coefficient (Wildman–Crippen LogP) is 3.92. The van der Waals surface area contributed by atoms with E-state index in [0.717, 1.165) is 21.8 Å². The average molecular weight is 313 g/mol. The molecular weight excluding hydrogens is 296 g/mol. The Morgan fingerprint density at radius 3 is 2.38 bits per heavy atom. The van der Waals surface area contributed by atoms with Crippen LogP contribution in [0.3, 0.4) is 0 Å². The van der Waals surface area contributed by atoms with Gasteiger partial charge in [0.1, 0.15) is 0 Å². The molecule has 4 aromatic rings. The van der Waals surface area contributed by atoms with Gasteiger partial charge in [-0.05, 0) is 22.9 Å². The highest BCUT2D eigenvalue weighted by Crippen LogP contribution is 2.22. The molecule has 116 valence electrons. The fourth-order valence-corrected chi connectivity index (χ4v) is 2.97. The van der Waals surface area contributed by atoms with Gasteiger partial charge in [-0.1, -0.05) is 54.6 Å². The summed E-state index contributed by atoms with van der Waals surface area (Å²) in [7, 11) is 0. The van der Waals surface area contributed by atoms with Crippen molar-refractivity contribution in [2.45, 2.75) is 6.54 Å². The average Bonchev–Trinajstić information content (AvgIpc) is 2.62. The molecule has 1 N–H and O–H groups in total. The first-order chi connectivity index (χ1) is 11.8. The Morgan fingerprint density at radius 1 is 0.792 bits per heavy atom. The number of hydrogen-bond acceptors (Lipinski definition) is 1. The third kappa shape index (κ3) is 2.84. The zero-order valence-electron chi connectivity index (χ0n) is 13.1. The molecule has 0 fully saturated rings. The standard InChI is InChI=1S/C21H16N2O/c24-21(15-23-13-12-16-6-1-2-8-18(16)14-23)22-20-11-5-9-17-7-3-4-10-19(17)20/h1-14H,15H2/p+1. The minimum absolute atomic E-state index is 0.0355. The first-order valence-electron chi connectivity index (χ1n) is 7.95. The van der Waals surface area contributed by atoms with Gasteiger partial charge in [0, 0.05) is 22.5 Å². The zero-order chi connectivity index (χ0) is 16.4. The van der Waals surface area contributed by atoms with Crippen molar-refractivity contribution in [2.75, 3.05) is 5.32 Å². The molecule has 0 aliphatic carbocycles. The maximum Gasteiger partial charge on any atom is 0.290 e. The van der Waals surface area contributed by atoms with Crippen LogP contribution < -0.4 is 9.88 Å². The molecule has 0 aliphatic rings. The Kier molecular flexibility index (Phi) is 3.67. The van der Waals surface area contributed by atoms with Crippen molar-refractivity contribution in [3.05, 3.63) is 85.2 Å². The fraction of sp³-hybridized carbons (Fsp3) is 0.0476. The van der Waals surface area contributed by atoms with Crippen LogP contribution in [-0.2, 0) is 11.3 Å². The lowest BCUT2D eigenvalue weighted by atomic mass is 10.1. The SMILES string of the molecule is O=C(C[n+]1ccc2ccccc2c1)Nc1cccc2ccccc12. The maximum atomic E-state index is 12.4. The molecular formula is C21H17N2O+. The van der Waals surface area contributed by atoms with Gasteiger partial charge in [-0.15, -0.1) is 0 Å². The number of aromatic nitrogens is 1. The van der Waals surface area contributed by atoms with Crippen molar-refractivity contribution in [3.8, 4) is 0 Å². The smallest absolute Gasteiger partial charge is 0.290 e. The van der Waals surface area contributed by atoms with Gasteiger partial charge in [0.15, 0.2) is 12.4 Å². The monoisotopic (exact) mass is 313 g/mol. The molecule has 0 spiro atoms. The van der Waals surface area contributed by atoms with Crippen LogP contribution in [0.5, 0.6) is 0 Å². The molecule has 0 unspecified atom stereocenters. The van der Waals surface area contributed by atoms with Crippen molar-refractivity contribution < 1.29 is 9.36 Å². The molecule has 0 radical (unpaired) electrons. The second-order valence-corrected chi connectivity index (χ2v) is 5.82. The summed E-state index contributed by atoms with van der Waals surface area (Å²) in [5.41, 5.74) is 0.847. The Balaban J connectivity index is 1.57. The van der Waals surface area contributed by atoms with Crippen molar-refractivity contribution >= 4 is 33.1 Å². The number of fused-ring (bicyclic) bond motifs is 2. The third-order valence-corrected chi connectivity index (χ3v) is 4.14. The van der Waals surface area contributed by atoms with E-state index in [2.05, 4.69) is 17.4 Å². The summed E-state index contributed by atoms with van der Waals surface area (Å²) in [6.45, 7) is 0.286. The van der Waals surface area contributed by atoms with Gasteiger partial charge < -0.3 is 5.32 Å². The number of hydrogen-bond donors (Lipinski definition) is 1. The number of amides is 1. The number of nitrogens with zero attached hydrogens (tertiary/aromatic N) is 1. The van der Waals surface area contributed by atoms with Gasteiger partial charge in [0.2, 0.25) is 6.54 Å². The molecule has 0 atom stereocenters. The fourth-order valence-electron chi connectivity index (χ4n) is 2.97. The molecule has 3 aromatic carbocycles. The van der Waals surface area contributed by atoms with Crippen LogP contribution in [0.15, 0.2) is 85.2 Å². The number of nitrogens with one attached hydrogen (secondary N) is 1. The summed E-state index contributed by atoms with van der Waals surface area (Å²) < 4.78 is 1.91. The van der Waals surface area contributed by atoms with Gasteiger partial charge >= 0.3 is 0 Å². The normalized spacial score (nSPS) is 10.8. The Morgan fingerprint density at radius 2 is 1.50 bits per heavy atom. The van der Waals surface area contributed by atoms with E-state index in [0.29, 0.717) is 0 Å². The van der Waals surface area contributed by atoms with E-state index >= 15 is 0 Å². The molecule has 0 bridgehead atoms. The van der Waals surface area contributed by atoms with E-state index in [1.54, 1.807) is 0 Å². The first kappa shape index (κ1) is 14.4. The van der Waals surface area contributed by atoms with Crippen molar-refractivity contribution in [1.29, 1.82) is 0 Å². The van der Waals surface area contributed by atoms with Gasteiger partial charge in [0.05, 0.1) is 0 Å². The summed E-state index contributed by atoms with van der Waals surface area (Å²) in [5.74, 6) is -0.0355. The lowest BCUT2D eigenvalue weighted by Crippen LogP contribution is -2.39. The van der Waals surface area contributed by atoms with E-state index in [1.807, 2.05) is 77.6 Å². The van der Waals surface area contributed by atoms with Crippen LogP contribution in [0.25, 0.3) is 21.5 Å². The molecule has 0 saturated carbocycles. The topological polar surface area (TPSA) is 33.0 Å². The maximum absolute atomic E-state index is 12.4. The van der Waals surface area contributed by atoms with Crippen LogP contribution in [0.2, 0.25) is 0 Å². The third-order valence-electron chi connectivity index (χ3n) is 4.14. The highest BCUT2D eigenvalue weighted by atomic mass is 16.1. The molecule has 1 aromatic heterocycles. The van der Waals surface area contributed by atoms with Crippen LogP contribution in [-0.4, -0.2) is 5.91 Å². The van der Waals surface area contributed by atoms with Crippen molar-refractivity contribution in [3.63, 3.8) is 0 Å². The highest BCUT2D eigenvalue weighted by molar-refractivity contribution is 6.01. The molecule has 0 saturated heterocycles. The van der Waals surface area contributed by atoms with Crippen LogP contribution in [0.1, 0.15) is 0 Å². The van der Waals surface area contributed by atoms with E-state index in [1.165, 1.54) is 5.39 Å². The largest absolute Gasteiger partial charge is 0.320 e. The summed E-state index contributed by atoms with van der Waals surface area (Å²) in [6, 6.07) is 24.1. The molecule has 3 nitrogen and oxygen atoms in total. The number of carbonyl (C=O) groups is 1. The molecule has 3 heteroatoms. The van der Waals surface area contributed by atoms with Crippen LogP contribution in [0.4, 0.5) is 5.69 Å². The summed E-state index contributed by atoms with van der Waals surface area (Å²) in [6.07, 6.45) is 3.93. The second-order valence-electron chi connectivity index (χ2n) is 5.82. The van der Waals surface area contributed by atoms with E-state index < -0.39 is 0 Å². The van der Waals surface area contributed by atoms with Gasteiger partial charge in [-0.3, -0.25) is 4.79 Å². The Hall–Kier alpha value is -3.20. The number of anilines is 1. The number of benzene rings is 3. The first-order valence-corrected chi connectivity index (χ1v) is 7.95. The number of rotatable bonds is 3. The van der Waals surface area contributed by atoms with E-state index in [9.17, 15) is 4.79 Å². The Bertz CT molecular complexity index is 1030. The van der Waals surface area contributed by atoms with Crippen LogP contribution >= 0.6 is 0 Å². The van der Waals surface area contributed by atoms with Crippen LogP contribution in [0, 0.1) is 0 Å². The summed E-state index contributed by atoms with van der Waals surface area (Å²) in [5, 5.41) is 7.49. The van der Waals surface area contributed by atoms with Crippen molar-refractivity contribution in [1.82, 2.24) is 0 Å². The number of carbonyl (C=O) groups excluding carboxylic acids is 1. The lowest BCUT2D eigenvalue weighted by molar-refractivity contribution is -0.682. The van der Waals surface area contributed by atoms with Crippen molar-refractivity contribution in [2.24, 2.45) is 0 Å².